The van der Waals surface area contributed by atoms with E-state index in [0.29, 0.717) is 26.3 Å². The molecule has 0 saturated carbocycles. The Morgan fingerprint density at radius 3 is 2.72 bits per heavy atom. The number of hydrogen-bond acceptors (Lipinski definition) is 5. The van der Waals surface area contributed by atoms with E-state index in [4.69, 9.17) is 14.3 Å². The zero-order valence-electron chi connectivity index (χ0n) is 10.8. The summed E-state index contributed by atoms with van der Waals surface area (Å²) in [5.41, 5.74) is 2.33. The van der Waals surface area contributed by atoms with Gasteiger partial charge in [-0.15, -0.1) is 0 Å². The number of carbonyl (C=O) groups is 2. The molecular formula is C11H20N2O5. The third kappa shape index (κ3) is 4.59. The average Bonchev–Trinajstić information content (AvgIpc) is 2.73. The Labute approximate surface area is 106 Å². The van der Waals surface area contributed by atoms with Gasteiger partial charge in [-0.1, -0.05) is 0 Å². The lowest BCUT2D eigenvalue weighted by atomic mass is 10.1. The van der Waals surface area contributed by atoms with Crippen molar-refractivity contribution >= 4 is 11.8 Å². The molecule has 1 aliphatic rings. The first-order chi connectivity index (χ1) is 8.69. The quantitative estimate of drug-likeness (QED) is 0.455. The fraction of sp³-hybridized carbons (Fsp3) is 0.818. The van der Waals surface area contributed by atoms with E-state index in [-0.39, 0.29) is 30.8 Å². The number of rotatable bonds is 8. The highest BCUT2D eigenvalue weighted by atomic mass is 16.7. The van der Waals surface area contributed by atoms with Crippen molar-refractivity contribution in [2.75, 3.05) is 47.1 Å². The van der Waals surface area contributed by atoms with Gasteiger partial charge in [-0.05, 0) is 0 Å². The first-order valence-electron chi connectivity index (χ1n) is 5.86. The molecule has 0 aromatic heterocycles. The molecule has 2 amide bonds. The Balaban J connectivity index is 2.26. The SMILES string of the molecule is COCCONC(=O)C1CC(=O)N(CCOC)C1. The van der Waals surface area contributed by atoms with Crippen LogP contribution in [0.15, 0.2) is 0 Å². The molecule has 104 valence electrons. The maximum absolute atomic E-state index is 11.7. The van der Waals surface area contributed by atoms with Crippen molar-refractivity contribution < 1.29 is 23.9 Å². The fourth-order valence-corrected chi connectivity index (χ4v) is 1.70. The van der Waals surface area contributed by atoms with Crippen LogP contribution < -0.4 is 5.48 Å². The summed E-state index contributed by atoms with van der Waals surface area (Å²) < 4.78 is 9.68. The van der Waals surface area contributed by atoms with E-state index >= 15 is 0 Å². The number of methoxy groups -OCH3 is 2. The van der Waals surface area contributed by atoms with Crippen LogP contribution in [0.2, 0.25) is 0 Å². The summed E-state index contributed by atoms with van der Waals surface area (Å²) in [7, 11) is 3.13. The van der Waals surface area contributed by atoms with Crippen molar-refractivity contribution in [3.63, 3.8) is 0 Å². The monoisotopic (exact) mass is 260 g/mol. The summed E-state index contributed by atoms with van der Waals surface area (Å²) >= 11 is 0. The van der Waals surface area contributed by atoms with Crippen LogP contribution in [0.4, 0.5) is 0 Å². The van der Waals surface area contributed by atoms with Crippen LogP contribution in [0.5, 0.6) is 0 Å². The summed E-state index contributed by atoms with van der Waals surface area (Å²) in [6.07, 6.45) is 0.225. The lowest BCUT2D eigenvalue weighted by Crippen LogP contribution is -2.34. The average molecular weight is 260 g/mol. The standard InChI is InChI=1S/C11H20N2O5/c1-16-4-3-13-8-9(7-10(13)14)11(15)12-18-6-5-17-2/h9H,3-8H2,1-2H3,(H,12,15). The molecule has 0 aromatic carbocycles. The molecule has 7 nitrogen and oxygen atoms in total. The van der Waals surface area contributed by atoms with Gasteiger partial charge in [-0.2, -0.15) is 0 Å². The van der Waals surface area contributed by atoms with Gasteiger partial charge < -0.3 is 14.4 Å². The van der Waals surface area contributed by atoms with Gasteiger partial charge in [0.25, 0.3) is 0 Å². The Kier molecular flexibility index (Phi) is 6.63. The minimum atomic E-state index is -0.350. The van der Waals surface area contributed by atoms with E-state index in [1.165, 1.54) is 0 Å². The molecule has 0 spiro atoms. The predicted octanol–water partition coefficient (Wildman–Crippen LogP) is -0.824. The van der Waals surface area contributed by atoms with Crippen LogP contribution in [-0.2, 0) is 23.9 Å². The lowest BCUT2D eigenvalue weighted by Gasteiger charge is -2.15. The van der Waals surface area contributed by atoms with Crippen LogP contribution >= 0.6 is 0 Å². The maximum atomic E-state index is 11.7. The van der Waals surface area contributed by atoms with E-state index in [2.05, 4.69) is 5.48 Å². The summed E-state index contributed by atoms with van der Waals surface area (Å²) in [5.74, 6) is -0.639. The Morgan fingerprint density at radius 2 is 2.06 bits per heavy atom. The summed E-state index contributed by atoms with van der Waals surface area (Å²) in [4.78, 5) is 29.8. The molecule has 1 aliphatic heterocycles. The first kappa shape index (κ1) is 14.9. The van der Waals surface area contributed by atoms with Gasteiger partial charge in [-0.25, -0.2) is 5.48 Å². The molecule has 18 heavy (non-hydrogen) atoms. The molecule has 1 unspecified atom stereocenters. The topological polar surface area (TPSA) is 77.1 Å². The maximum Gasteiger partial charge on any atom is 0.248 e. The van der Waals surface area contributed by atoms with Crippen LogP contribution in [0.3, 0.4) is 0 Å². The largest absolute Gasteiger partial charge is 0.383 e. The molecule has 1 atom stereocenters. The highest BCUT2D eigenvalue weighted by Crippen LogP contribution is 2.17. The minimum Gasteiger partial charge on any atom is -0.383 e. The number of likely N-dealkylation sites (tertiary alicyclic amines) is 1. The van der Waals surface area contributed by atoms with E-state index in [9.17, 15) is 9.59 Å². The van der Waals surface area contributed by atoms with Gasteiger partial charge in [-0.3, -0.25) is 14.4 Å². The van der Waals surface area contributed by atoms with Gasteiger partial charge >= 0.3 is 0 Å². The summed E-state index contributed by atoms with van der Waals surface area (Å²) in [5, 5.41) is 0. The number of hydroxylamine groups is 1. The second-order valence-electron chi connectivity index (χ2n) is 4.04. The number of nitrogens with zero attached hydrogens (tertiary/aromatic N) is 1. The van der Waals surface area contributed by atoms with E-state index in [1.807, 2.05) is 0 Å². The van der Waals surface area contributed by atoms with Crippen LogP contribution in [0.25, 0.3) is 0 Å². The molecule has 7 heteroatoms. The second-order valence-corrected chi connectivity index (χ2v) is 4.04. The second kappa shape index (κ2) is 8.02. The van der Waals surface area contributed by atoms with Crippen LogP contribution in [-0.4, -0.2) is 63.8 Å². The highest BCUT2D eigenvalue weighted by Gasteiger charge is 2.34. The van der Waals surface area contributed by atoms with Crippen molar-refractivity contribution in [3.8, 4) is 0 Å². The molecule has 0 aromatic rings. The number of carbonyl (C=O) groups excluding carboxylic acids is 2. The van der Waals surface area contributed by atoms with Gasteiger partial charge in [0.1, 0.15) is 0 Å². The van der Waals surface area contributed by atoms with Crippen molar-refractivity contribution in [3.05, 3.63) is 0 Å². The smallest absolute Gasteiger partial charge is 0.248 e. The molecule has 1 N–H and O–H groups in total. The van der Waals surface area contributed by atoms with E-state index < -0.39 is 0 Å². The first-order valence-corrected chi connectivity index (χ1v) is 5.86. The van der Waals surface area contributed by atoms with Crippen molar-refractivity contribution in [1.82, 2.24) is 10.4 Å². The lowest BCUT2D eigenvalue weighted by molar-refractivity contribution is -0.138. The molecule has 1 rings (SSSR count). The molecule has 0 bridgehead atoms. The molecule has 1 heterocycles. The highest BCUT2D eigenvalue weighted by molar-refractivity contribution is 5.88. The van der Waals surface area contributed by atoms with Gasteiger partial charge in [0.2, 0.25) is 11.8 Å². The van der Waals surface area contributed by atoms with E-state index in [0.717, 1.165) is 0 Å². The van der Waals surface area contributed by atoms with Crippen molar-refractivity contribution in [2.24, 2.45) is 5.92 Å². The van der Waals surface area contributed by atoms with Crippen LogP contribution in [0, 0.1) is 5.92 Å². The van der Waals surface area contributed by atoms with Crippen LogP contribution in [0.1, 0.15) is 6.42 Å². The number of nitrogens with one attached hydrogen (secondary N) is 1. The van der Waals surface area contributed by atoms with Crippen molar-refractivity contribution in [2.45, 2.75) is 6.42 Å². The minimum absolute atomic E-state index is 0.0240. The number of amides is 2. The van der Waals surface area contributed by atoms with E-state index in [1.54, 1.807) is 19.1 Å². The molecule has 0 aliphatic carbocycles. The normalized spacial score (nSPS) is 19.3. The Hall–Kier alpha value is -1.18. The fourth-order valence-electron chi connectivity index (χ4n) is 1.70. The molecular weight excluding hydrogens is 240 g/mol. The third-order valence-electron chi connectivity index (χ3n) is 2.71. The number of hydrogen-bond donors (Lipinski definition) is 1. The van der Waals surface area contributed by atoms with Gasteiger partial charge in [0.05, 0.1) is 25.7 Å². The van der Waals surface area contributed by atoms with Gasteiger partial charge in [0.15, 0.2) is 0 Å². The summed E-state index contributed by atoms with van der Waals surface area (Å²) in [6, 6.07) is 0. The predicted molar refractivity (Wildman–Crippen MR) is 62.5 cm³/mol. The Morgan fingerprint density at radius 1 is 1.33 bits per heavy atom. The third-order valence-corrected chi connectivity index (χ3v) is 2.71. The summed E-state index contributed by atoms with van der Waals surface area (Å²) in [6.45, 7) is 2.11. The molecule has 1 fully saturated rings. The number of ether oxygens (including phenoxy) is 2. The molecule has 0 radical (unpaired) electrons. The zero-order valence-corrected chi connectivity index (χ0v) is 10.8. The zero-order chi connectivity index (χ0) is 13.4. The molecule has 1 saturated heterocycles. The Bertz CT molecular complexity index is 285. The van der Waals surface area contributed by atoms with Crippen molar-refractivity contribution in [1.29, 1.82) is 0 Å². The van der Waals surface area contributed by atoms with Gasteiger partial charge in [0, 0.05) is 33.7 Å².